The first-order valence-electron chi connectivity index (χ1n) is 9.14. The van der Waals surface area contributed by atoms with Gasteiger partial charge in [-0.15, -0.1) is 11.3 Å². The molecule has 1 aliphatic carbocycles. The molecule has 1 N–H and O–H groups in total. The Hall–Kier alpha value is -2.67. The van der Waals surface area contributed by atoms with E-state index in [9.17, 15) is 14.4 Å². The molecule has 7 heteroatoms. The molecule has 3 aliphatic rings. The Kier molecular flexibility index (Phi) is 3.62. The number of nitrogens with one attached hydrogen (secondary N) is 1. The smallest absolute Gasteiger partial charge is 0.325 e. The molecule has 0 bridgehead atoms. The van der Waals surface area contributed by atoms with Crippen molar-refractivity contribution in [3.05, 3.63) is 57.3 Å². The summed E-state index contributed by atoms with van der Waals surface area (Å²) in [6.07, 6.45) is 2.12. The van der Waals surface area contributed by atoms with Gasteiger partial charge in [-0.2, -0.15) is 0 Å². The molecule has 0 unspecified atom stereocenters. The Labute approximate surface area is 160 Å². The van der Waals surface area contributed by atoms with E-state index < -0.39 is 11.6 Å². The van der Waals surface area contributed by atoms with Gasteiger partial charge in [0, 0.05) is 18.0 Å². The zero-order valence-corrected chi connectivity index (χ0v) is 15.6. The Morgan fingerprint density at radius 3 is 2.89 bits per heavy atom. The van der Waals surface area contributed by atoms with Gasteiger partial charge in [0.15, 0.2) is 0 Å². The van der Waals surface area contributed by atoms with Crippen molar-refractivity contribution < 1.29 is 14.4 Å². The number of rotatable bonds is 2. The second-order valence-corrected chi connectivity index (χ2v) is 8.32. The highest BCUT2D eigenvalue weighted by atomic mass is 32.1. The topological polar surface area (TPSA) is 69.7 Å². The van der Waals surface area contributed by atoms with Crippen molar-refractivity contribution in [3.8, 4) is 0 Å². The quantitative estimate of drug-likeness (QED) is 0.810. The Morgan fingerprint density at radius 2 is 2.00 bits per heavy atom. The van der Waals surface area contributed by atoms with E-state index in [-0.39, 0.29) is 18.4 Å². The van der Waals surface area contributed by atoms with Crippen LogP contribution in [0.5, 0.6) is 0 Å². The number of urea groups is 1. The first kappa shape index (κ1) is 16.5. The lowest BCUT2D eigenvalue weighted by Gasteiger charge is -2.28. The average molecular weight is 381 g/mol. The normalized spacial score (nSPS) is 23.6. The average Bonchev–Trinajstić information content (AvgIpc) is 3.35. The Balaban J connectivity index is 1.35. The number of carbonyl (C=O) groups excluding carboxylic acids is 3. The van der Waals surface area contributed by atoms with E-state index in [0.29, 0.717) is 19.5 Å². The van der Waals surface area contributed by atoms with Crippen LogP contribution in [-0.4, -0.2) is 40.7 Å². The largest absolute Gasteiger partial charge is 0.336 e. The molecule has 1 atom stereocenters. The van der Waals surface area contributed by atoms with Crippen LogP contribution in [0, 0.1) is 0 Å². The van der Waals surface area contributed by atoms with Crippen molar-refractivity contribution in [1.29, 1.82) is 0 Å². The SMILES string of the molecule is O=C(CN1C(=O)N[C@@]2(CCc3ccccc32)C1=O)N1CCc2sccc2C1. The van der Waals surface area contributed by atoms with Gasteiger partial charge in [-0.25, -0.2) is 4.79 Å². The third-order valence-corrected chi connectivity index (χ3v) is 6.90. The maximum atomic E-state index is 13.2. The minimum Gasteiger partial charge on any atom is -0.336 e. The highest BCUT2D eigenvalue weighted by molar-refractivity contribution is 7.10. The molecule has 1 aromatic heterocycles. The van der Waals surface area contributed by atoms with Crippen molar-refractivity contribution in [2.45, 2.75) is 31.3 Å². The van der Waals surface area contributed by atoms with Gasteiger partial charge < -0.3 is 10.2 Å². The molecule has 138 valence electrons. The summed E-state index contributed by atoms with van der Waals surface area (Å²) in [4.78, 5) is 42.6. The first-order chi connectivity index (χ1) is 13.1. The lowest BCUT2D eigenvalue weighted by Crippen LogP contribution is -2.45. The van der Waals surface area contributed by atoms with Crippen LogP contribution in [0.4, 0.5) is 4.79 Å². The number of benzene rings is 1. The maximum absolute atomic E-state index is 13.2. The summed E-state index contributed by atoms with van der Waals surface area (Å²) in [5, 5.41) is 4.91. The molecular formula is C20H19N3O3S. The van der Waals surface area contributed by atoms with E-state index in [0.717, 1.165) is 34.4 Å². The standard InChI is InChI=1S/C20H19N3O3S/c24-17(22-9-6-16-14(11-22)7-10-27-16)12-23-18(25)20(21-19(23)26)8-5-13-3-1-2-4-15(13)20/h1-4,7,10H,5-6,8-9,11-12H2,(H,21,26)/t20-/m1/s1. The number of imide groups is 1. The molecule has 1 fully saturated rings. The van der Waals surface area contributed by atoms with Gasteiger partial charge in [-0.1, -0.05) is 24.3 Å². The van der Waals surface area contributed by atoms with E-state index in [1.165, 1.54) is 4.88 Å². The molecular weight excluding hydrogens is 362 g/mol. The van der Waals surface area contributed by atoms with E-state index in [1.807, 2.05) is 35.7 Å². The van der Waals surface area contributed by atoms with Gasteiger partial charge >= 0.3 is 6.03 Å². The number of hydrogen-bond donors (Lipinski definition) is 1. The maximum Gasteiger partial charge on any atom is 0.325 e. The summed E-state index contributed by atoms with van der Waals surface area (Å²) in [6, 6.07) is 9.27. The monoisotopic (exact) mass is 381 g/mol. The predicted octanol–water partition coefficient (Wildman–Crippen LogP) is 2.03. The van der Waals surface area contributed by atoms with Crippen LogP contribution in [0.25, 0.3) is 0 Å². The van der Waals surface area contributed by atoms with E-state index in [2.05, 4.69) is 5.32 Å². The van der Waals surface area contributed by atoms with Gasteiger partial charge in [0.2, 0.25) is 5.91 Å². The van der Waals surface area contributed by atoms with Crippen molar-refractivity contribution in [2.75, 3.05) is 13.1 Å². The predicted molar refractivity (Wildman–Crippen MR) is 100 cm³/mol. The van der Waals surface area contributed by atoms with Crippen molar-refractivity contribution in [2.24, 2.45) is 0 Å². The number of fused-ring (bicyclic) bond motifs is 3. The van der Waals surface area contributed by atoms with Gasteiger partial charge in [-0.05, 0) is 47.4 Å². The lowest BCUT2D eigenvalue weighted by molar-refractivity contribution is -0.139. The lowest BCUT2D eigenvalue weighted by atomic mass is 9.92. The first-order valence-corrected chi connectivity index (χ1v) is 10.0. The fourth-order valence-corrected chi connectivity index (χ4v) is 5.32. The third kappa shape index (κ3) is 2.41. The second-order valence-electron chi connectivity index (χ2n) is 7.32. The third-order valence-electron chi connectivity index (χ3n) is 5.88. The second kappa shape index (κ2) is 5.92. The molecule has 6 nitrogen and oxygen atoms in total. The fraction of sp³-hybridized carbons (Fsp3) is 0.350. The van der Waals surface area contributed by atoms with Crippen LogP contribution in [0.15, 0.2) is 35.7 Å². The molecule has 2 aromatic rings. The molecule has 4 amide bonds. The molecule has 1 aromatic carbocycles. The fourth-order valence-electron chi connectivity index (χ4n) is 4.43. The van der Waals surface area contributed by atoms with E-state index in [1.54, 1.807) is 16.2 Å². The number of amides is 4. The van der Waals surface area contributed by atoms with Crippen molar-refractivity contribution in [1.82, 2.24) is 15.1 Å². The Bertz CT molecular complexity index is 969. The molecule has 5 rings (SSSR count). The summed E-state index contributed by atoms with van der Waals surface area (Å²) < 4.78 is 0. The number of nitrogens with zero attached hydrogens (tertiary/aromatic N) is 2. The molecule has 27 heavy (non-hydrogen) atoms. The van der Waals surface area contributed by atoms with Crippen LogP contribution in [0.1, 0.15) is 28.0 Å². The minimum atomic E-state index is -1.00. The van der Waals surface area contributed by atoms with Crippen LogP contribution < -0.4 is 5.32 Å². The zero-order valence-electron chi connectivity index (χ0n) is 14.7. The van der Waals surface area contributed by atoms with E-state index in [4.69, 9.17) is 0 Å². The number of carbonyl (C=O) groups is 3. The molecule has 1 spiro atoms. The van der Waals surface area contributed by atoms with Gasteiger partial charge in [0.1, 0.15) is 12.1 Å². The highest BCUT2D eigenvalue weighted by Crippen LogP contribution is 2.41. The number of hydrogen-bond acceptors (Lipinski definition) is 4. The summed E-state index contributed by atoms with van der Waals surface area (Å²) in [5.74, 6) is -0.488. The summed E-state index contributed by atoms with van der Waals surface area (Å²) >= 11 is 1.71. The van der Waals surface area contributed by atoms with Crippen molar-refractivity contribution >= 4 is 29.2 Å². The van der Waals surface area contributed by atoms with Crippen LogP contribution >= 0.6 is 11.3 Å². The summed E-state index contributed by atoms with van der Waals surface area (Å²) in [5.41, 5.74) is 2.11. The summed E-state index contributed by atoms with van der Waals surface area (Å²) in [7, 11) is 0. The van der Waals surface area contributed by atoms with Crippen LogP contribution in [-0.2, 0) is 34.5 Å². The molecule has 2 aliphatic heterocycles. The van der Waals surface area contributed by atoms with Gasteiger partial charge in [-0.3, -0.25) is 14.5 Å². The number of aryl methyl sites for hydroxylation is 1. The van der Waals surface area contributed by atoms with Crippen LogP contribution in [0.3, 0.4) is 0 Å². The molecule has 1 saturated heterocycles. The molecule has 3 heterocycles. The van der Waals surface area contributed by atoms with Gasteiger partial charge in [0.05, 0.1) is 0 Å². The number of thiophene rings is 1. The van der Waals surface area contributed by atoms with Crippen LogP contribution in [0.2, 0.25) is 0 Å². The highest BCUT2D eigenvalue weighted by Gasteiger charge is 2.55. The Morgan fingerprint density at radius 1 is 1.15 bits per heavy atom. The van der Waals surface area contributed by atoms with Gasteiger partial charge in [0.25, 0.3) is 5.91 Å². The van der Waals surface area contributed by atoms with Crippen molar-refractivity contribution in [3.63, 3.8) is 0 Å². The minimum absolute atomic E-state index is 0.182. The van der Waals surface area contributed by atoms with E-state index >= 15 is 0 Å². The summed E-state index contributed by atoms with van der Waals surface area (Å²) in [6.45, 7) is 0.979. The molecule has 0 radical (unpaired) electrons. The zero-order chi connectivity index (χ0) is 18.6. The molecule has 0 saturated carbocycles.